The Hall–Kier alpha value is -3.48. The number of ether oxygens (including phenoxy) is 2. The van der Waals surface area contributed by atoms with Gasteiger partial charge in [0.1, 0.15) is 0 Å². The lowest BCUT2D eigenvalue weighted by Gasteiger charge is -2.14. The number of aliphatic imine (C=N–C) groups is 1. The van der Waals surface area contributed by atoms with Crippen molar-refractivity contribution in [1.29, 1.82) is 0 Å². The van der Waals surface area contributed by atoms with Crippen molar-refractivity contribution in [1.82, 2.24) is 15.1 Å². The van der Waals surface area contributed by atoms with Gasteiger partial charge in [0, 0.05) is 30.7 Å². The molecule has 2 aromatic carbocycles. The zero-order valence-corrected chi connectivity index (χ0v) is 17.1. The maximum Gasteiger partial charge on any atom is 0.196 e. The van der Waals surface area contributed by atoms with E-state index in [4.69, 9.17) is 14.5 Å². The molecule has 0 atom stereocenters. The Kier molecular flexibility index (Phi) is 7.10. The van der Waals surface area contributed by atoms with Gasteiger partial charge in [-0.15, -0.1) is 0 Å². The minimum Gasteiger partial charge on any atom is -0.493 e. The smallest absolute Gasteiger partial charge is 0.196 e. The second-order valence-corrected chi connectivity index (χ2v) is 6.36. The first-order valence-corrected chi connectivity index (χ1v) is 9.55. The predicted octanol–water partition coefficient (Wildman–Crippen LogP) is 3.53. The molecule has 2 N–H and O–H groups in total. The third kappa shape index (κ3) is 5.51. The number of hydrogen-bond donors (Lipinski definition) is 2. The molecule has 0 aliphatic carbocycles. The van der Waals surface area contributed by atoms with Crippen LogP contribution in [0.15, 0.2) is 65.9 Å². The minimum absolute atomic E-state index is 0.556. The van der Waals surface area contributed by atoms with Crippen LogP contribution < -0.4 is 20.1 Å². The van der Waals surface area contributed by atoms with Gasteiger partial charge in [0.15, 0.2) is 17.5 Å². The van der Waals surface area contributed by atoms with Gasteiger partial charge in [-0.2, -0.15) is 5.10 Å². The average Bonchev–Trinajstić information content (AvgIpc) is 3.26. The monoisotopic (exact) mass is 393 g/mol. The summed E-state index contributed by atoms with van der Waals surface area (Å²) in [5.74, 6) is 2.05. The molecule has 0 fully saturated rings. The second kappa shape index (κ2) is 10.2. The molecule has 3 rings (SSSR count). The third-order valence-electron chi connectivity index (χ3n) is 4.41. The van der Waals surface area contributed by atoms with Crippen LogP contribution in [0.2, 0.25) is 0 Å². The van der Waals surface area contributed by atoms with E-state index in [9.17, 15) is 0 Å². The zero-order valence-electron chi connectivity index (χ0n) is 17.1. The first kappa shape index (κ1) is 20.3. The van der Waals surface area contributed by atoms with Crippen LogP contribution in [0.25, 0.3) is 0 Å². The number of rotatable bonds is 8. The molecule has 29 heavy (non-hydrogen) atoms. The predicted molar refractivity (Wildman–Crippen MR) is 116 cm³/mol. The number of nitrogens with zero attached hydrogens (tertiary/aromatic N) is 3. The van der Waals surface area contributed by atoms with E-state index >= 15 is 0 Å². The van der Waals surface area contributed by atoms with Gasteiger partial charge in [-0.1, -0.05) is 24.3 Å². The summed E-state index contributed by atoms with van der Waals surface area (Å²) in [4.78, 5) is 4.76. The second-order valence-electron chi connectivity index (χ2n) is 6.36. The molecule has 1 heterocycles. The van der Waals surface area contributed by atoms with Crippen molar-refractivity contribution in [3.63, 3.8) is 0 Å². The molecular formula is C22H27N5O2. The Bertz CT molecular complexity index is 938. The van der Waals surface area contributed by atoms with E-state index in [2.05, 4.69) is 27.9 Å². The van der Waals surface area contributed by atoms with Crippen LogP contribution in [0.3, 0.4) is 0 Å². The van der Waals surface area contributed by atoms with Crippen molar-refractivity contribution in [2.45, 2.75) is 20.0 Å². The van der Waals surface area contributed by atoms with Gasteiger partial charge in [-0.3, -0.25) is 4.68 Å². The average molecular weight is 393 g/mol. The van der Waals surface area contributed by atoms with Gasteiger partial charge in [0.25, 0.3) is 0 Å². The molecule has 7 heteroatoms. The lowest BCUT2D eigenvalue weighted by molar-refractivity contribution is 0.355. The fourth-order valence-electron chi connectivity index (χ4n) is 2.96. The van der Waals surface area contributed by atoms with Gasteiger partial charge >= 0.3 is 0 Å². The van der Waals surface area contributed by atoms with E-state index in [-0.39, 0.29) is 0 Å². The van der Waals surface area contributed by atoms with Gasteiger partial charge < -0.3 is 20.1 Å². The number of nitrogens with one attached hydrogen (secondary N) is 2. The number of guanidine groups is 1. The number of aromatic nitrogens is 2. The normalized spacial score (nSPS) is 11.2. The van der Waals surface area contributed by atoms with Crippen molar-refractivity contribution in [2.24, 2.45) is 4.99 Å². The van der Waals surface area contributed by atoms with Crippen LogP contribution in [-0.2, 0) is 13.1 Å². The standard InChI is InChI=1S/C22H27N5O2/c1-4-23-22(26-19-10-11-20(28-2)21(14-19)29-3)24-15-17-8-5-6-9-18(17)16-27-13-7-12-25-27/h5-14H,4,15-16H2,1-3H3,(H2,23,24,26). The highest BCUT2D eigenvalue weighted by Crippen LogP contribution is 2.29. The molecule has 7 nitrogen and oxygen atoms in total. The summed E-state index contributed by atoms with van der Waals surface area (Å²) in [5.41, 5.74) is 3.22. The fourth-order valence-corrected chi connectivity index (χ4v) is 2.96. The first-order valence-electron chi connectivity index (χ1n) is 9.55. The first-order chi connectivity index (χ1) is 14.2. The summed E-state index contributed by atoms with van der Waals surface area (Å²) in [5, 5.41) is 10.9. The molecule has 0 unspecified atom stereocenters. The van der Waals surface area contributed by atoms with Crippen LogP contribution in [0.5, 0.6) is 11.5 Å². The molecule has 0 bridgehead atoms. The largest absolute Gasteiger partial charge is 0.493 e. The van der Waals surface area contributed by atoms with E-state index in [0.29, 0.717) is 24.0 Å². The highest BCUT2D eigenvalue weighted by molar-refractivity contribution is 5.93. The van der Waals surface area contributed by atoms with E-state index in [1.807, 2.05) is 54.2 Å². The highest BCUT2D eigenvalue weighted by Gasteiger charge is 2.07. The SMILES string of the molecule is CCNC(=NCc1ccccc1Cn1cccn1)Nc1ccc(OC)c(OC)c1. The molecule has 0 amide bonds. The van der Waals surface area contributed by atoms with Gasteiger partial charge in [0.2, 0.25) is 0 Å². The van der Waals surface area contributed by atoms with E-state index in [0.717, 1.165) is 24.3 Å². The van der Waals surface area contributed by atoms with Gasteiger partial charge in [-0.25, -0.2) is 4.99 Å². The Morgan fingerprint density at radius 2 is 1.83 bits per heavy atom. The maximum atomic E-state index is 5.38. The van der Waals surface area contributed by atoms with Crippen LogP contribution in [-0.4, -0.2) is 36.5 Å². The Labute approximate surface area is 171 Å². The lowest BCUT2D eigenvalue weighted by atomic mass is 10.1. The Morgan fingerprint density at radius 1 is 1.03 bits per heavy atom. The van der Waals surface area contributed by atoms with Crippen LogP contribution in [0.1, 0.15) is 18.1 Å². The fraction of sp³-hybridized carbons (Fsp3) is 0.273. The molecule has 152 valence electrons. The molecule has 0 saturated carbocycles. The Balaban J connectivity index is 1.76. The maximum absolute atomic E-state index is 5.38. The molecule has 1 aromatic heterocycles. The van der Waals surface area contributed by atoms with E-state index in [1.54, 1.807) is 20.4 Å². The van der Waals surface area contributed by atoms with Crippen molar-refractivity contribution < 1.29 is 9.47 Å². The number of anilines is 1. The van der Waals surface area contributed by atoms with E-state index in [1.165, 1.54) is 5.56 Å². The van der Waals surface area contributed by atoms with Crippen molar-refractivity contribution >= 4 is 11.6 Å². The highest BCUT2D eigenvalue weighted by atomic mass is 16.5. The lowest BCUT2D eigenvalue weighted by Crippen LogP contribution is -2.30. The summed E-state index contributed by atoms with van der Waals surface area (Å²) in [6.45, 7) is 4.07. The molecule has 0 saturated heterocycles. The number of hydrogen-bond acceptors (Lipinski definition) is 4. The van der Waals surface area contributed by atoms with Gasteiger partial charge in [0.05, 0.1) is 27.3 Å². The van der Waals surface area contributed by atoms with E-state index < -0.39 is 0 Å². The van der Waals surface area contributed by atoms with Crippen molar-refractivity contribution in [2.75, 3.05) is 26.1 Å². The van der Waals surface area contributed by atoms with Crippen LogP contribution in [0, 0.1) is 0 Å². The third-order valence-corrected chi connectivity index (χ3v) is 4.41. The van der Waals surface area contributed by atoms with Crippen LogP contribution >= 0.6 is 0 Å². The number of methoxy groups -OCH3 is 2. The minimum atomic E-state index is 0.556. The number of benzene rings is 2. The van der Waals surface area contributed by atoms with Gasteiger partial charge in [-0.05, 0) is 36.2 Å². The topological polar surface area (TPSA) is 72.7 Å². The molecule has 0 aliphatic rings. The summed E-state index contributed by atoms with van der Waals surface area (Å²) < 4.78 is 12.6. The quantitative estimate of drug-likeness (QED) is 0.452. The zero-order chi connectivity index (χ0) is 20.5. The summed E-state index contributed by atoms with van der Waals surface area (Å²) in [6, 6.07) is 15.9. The molecular weight excluding hydrogens is 366 g/mol. The Morgan fingerprint density at radius 3 is 2.52 bits per heavy atom. The molecule has 0 radical (unpaired) electrons. The summed E-state index contributed by atoms with van der Waals surface area (Å²) >= 11 is 0. The van der Waals surface area contributed by atoms with Crippen LogP contribution in [0.4, 0.5) is 5.69 Å². The van der Waals surface area contributed by atoms with Crippen molar-refractivity contribution in [3.05, 3.63) is 72.1 Å². The molecule has 0 spiro atoms. The molecule has 3 aromatic rings. The van der Waals surface area contributed by atoms with Crippen molar-refractivity contribution in [3.8, 4) is 11.5 Å². The molecule has 0 aliphatic heterocycles. The summed E-state index contributed by atoms with van der Waals surface area (Å²) in [7, 11) is 3.24. The summed E-state index contributed by atoms with van der Waals surface area (Å²) in [6.07, 6.45) is 3.75.